The normalized spacial score (nSPS) is 12.7. The van der Waals surface area contributed by atoms with Gasteiger partial charge in [-0.3, -0.25) is 14.5 Å². The molecule has 0 radical (unpaired) electrons. The summed E-state index contributed by atoms with van der Waals surface area (Å²) >= 11 is 0. The molecule has 1 atom stereocenters. The monoisotopic (exact) mass is 427 g/mol. The highest BCUT2D eigenvalue weighted by molar-refractivity contribution is 5.94. The number of carbonyl (C=O) groups is 1. The van der Waals surface area contributed by atoms with Crippen molar-refractivity contribution in [3.63, 3.8) is 0 Å². The van der Waals surface area contributed by atoms with Crippen LogP contribution >= 0.6 is 0 Å². The van der Waals surface area contributed by atoms with E-state index in [4.69, 9.17) is 0 Å². The fourth-order valence-corrected chi connectivity index (χ4v) is 3.40. The Labute approximate surface area is 186 Å². The van der Waals surface area contributed by atoms with E-state index in [1.54, 1.807) is 7.05 Å². The summed E-state index contributed by atoms with van der Waals surface area (Å²) in [6, 6.07) is 7.86. The molecule has 0 bridgehead atoms. The number of aromatic nitrogens is 2. The first kappa shape index (κ1) is 24.4. The number of rotatable bonds is 9. The van der Waals surface area contributed by atoms with E-state index in [2.05, 4.69) is 39.9 Å². The fraction of sp³-hybridized carbons (Fsp3) is 0.522. The topological polar surface area (TPSA) is 86.6 Å². The molecule has 1 unspecified atom stereocenters. The summed E-state index contributed by atoms with van der Waals surface area (Å²) in [6.45, 7) is 8.29. The second-order valence-corrected chi connectivity index (χ2v) is 8.21. The molecule has 1 heterocycles. The highest BCUT2D eigenvalue weighted by atomic mass is 16.1. The van der Waals surface area contributed by atoms with Crippen LogP contribution in [0.25, 0.3) is 0 Å². The number of nitrogens with zero attached hydrogens (tertiary/aromatic N) is 4. The molecule has 0 spiro atoms. The molecule has 0 saturated carbocycles. The Kier molecular flexibility index (Phi) is 9.05. The summed E-state index contributed by atoms with van der Waals surface area (Å²) in [6.07, 6.45) is 0.870. The van der Waals surface area contributed by atoms with Gasteiger partial charge in [-0.05, 0) is 64.5 Å². The largest absolute Gasteiger partial charge is 0.354 e. The van der Waals surface area contributed by atoms with Gasteiger partial charge >= 0.3 is 0 Å². The van der Waals surface area contributed by atoms with Crippen LogP contribution in [0.3, 0.4) is 0 Å². The van der Waals surface area contributed by atoms with Gasteiger partial charge in [0, 0.05) is 51.0 Å². The van der Waals surface area contributed by atoms with E-state index in [0.29, 0.717) is 18.7 Å². The molecule has 1 amide bonds. The lowest BCUT2D eigenvalue weighted by atomic mass is 10.1. The van der Waals surface area contributed by atoms with Crippen molar-refractivity contribution < 1.29 is 4.79 Å². The Bertz CT molecular complexity index is 901. The van der Waals surface area contributed by atoms with E-state index in [9.17, 15) is 4.79 Å². The van der Waals surface area contributed by atoms with Crippen molar-refractivity contribution in [3.05, 3.63) is 52.3 Å². The Morgan fingerprint density at radius 2 is 2.00 bits per heavy atom. The molecule has 0 aliphatic rings. The second kappa shape index (κ2) is 11.5. The minimum atomic E-state index is -0.0537. The highest BCUT2D eigenvalue weighted by Gasteiger charge is 2.14. The van der Waals surface area contributed by atoms with E-state index < -0.39 is 0 Å². The van der Waals surface area contributed by atoms with Crippen molar-refractivity contribution in [2.24, 2.45) is 12.0 Å². The summed E-state index contributed by atoms with van der Waals surface area (Å²) in [5, 5.41) is 14.2. The van der Waals surface area contributed by atoms with Crippen LogP contribution in [0, 0.1) is 13.8 Å². The van der Waals surface area contributed by atoms with Crippen LogP contribution < -0.4 is 16.0 Å². The minimum Gasteiger partial charge on any atom is -0.354 e. The molecule has 0 aliphatic heterocycles. The molecule has 3 N–H and O–H groups in total. The van der Waals surface area contributed by atoms with Gasteiger partial charge in [0.1, 0.15) is 0 Å². The summed E-state index contributed by atoms with van der Waals surface area (Å²) in [5.74, 6) is 0.676. The first-order valence-electron chi connectivity index (χ1n) is 10.7. The molecule has 2 aromatic rings. The number of benzene rings is 1. The van der Waals surface area contributed by atoms with Gasteiger partial charge in [0.2, 0.25) is 0 Å². The number of amides is 1. The summed E-state index contributed by atoms with van der Waals surface area (Å²) in [5.41, 5.74) is 5.21. The lowest BCUT2D eigenvalue weighted by Crippen LogP contribution is -2.42. The van der Waals surface area contributed by atoms with E-state index in [-0.39, 0.29) is 11.9 Å². The average molecular weight is 428 g/mol. The molecule has 0 fully saturated rings. The lowest BCUT2D eigenvalue weighted by Gasteiger charge is -2.18. The number of guanidine groups is 1. The van der Waals surface area contributed by atoms with E-state index in [1.165, 1.54) is 11.3 Å². The SMILES string of the molecule is CN=C(NCc1cccc(C(=O)NCCN(C)C)c1)NC(C)Cc1c(C)nn(C)c1C. The Morgan fingerprint density at radius 3 is 2.61 bits per heavy atom. The average Bonchev–Trinajstić information content (AvgIpc) is 2.96. The van der Waals surface area contributed by atoms with Crippen LogP contribution in [0.2, 0.25) is 0 Å². The van der Waals surface area contributed by atoms with Gasteiger partial charge in [-0.25, -0.2) is 0 Å². The maximum absolute atomic E-state index is 12.4. The zero-order valence-electron chi connectivity index (χ0n) is 19.9. The minimum absolute atomic E-state index is 0.0537. The lowest BCUT2D eigenvalue weighted by molar-refractivity contribution is 0.0951. The number of aliphatic imine (C=N–C) groups is 1. The number of likely N-dealkylation sites (N-methyl/N-ethyl adjacent to an activating group) is 1. The first-order valence-corrected chi connectivity index (χ1v) is 10.7. The maximum Gasteiger partial charge on any atom is 0.251 e. The molecule has 0 saturated heterocycles. The van der Waals surface area contributed by atoms with Crippen molar-refractivity contribution >= 4 is 11.9 Å². The predicted molar refractivity (Wildman–Crippen MR) is 127 cm³/mol. The number of nitrogens with one attached hydrogen (secondary N) is 3. The van der Waals surface area contributed by atoms with Crippen LogP contribution in [-0.4, -0.2) is 66.8 Å². The van der Waals surface area contributed by atoms with Gasteiger partial charge in [0.05, 0.1) is 5.69 Å². The van der Waals surface area contributed by atoms with E-state index in [0.717, 1.165) is 30.2 Å². The van der Waals surface area contributed by atoms with Crippen molar-refractivity contribution in [3.8, 4) is 0 Å². The summed E-state index contributed by atoms with van der Waals surface area (Å²) < 4.78 is 1.92. The summed E-state index contributed by atoms with van der Waals surface area (Å²) in [7, 11) is 7.71. The van der Waals surface area contributed by atoms with Gasteiger partial charge < -0.3 is 20.9 Å². The van der Waals surface area contributed by atoms with Crippen molar-refractivity contribution in [2.75, 3.05) is 34.2 Å². The zero-order chi connectivity index (χ0) is 23.0. The number of hydrogen-bond donors (Lipinski definition) is 3. The molecule has 1 aromatic heterocycles. The van der Waals surface area contributed by atoms with Crippen LogP contribution in [0.4, 0.5) is 0 Å². The van der Waals surface area contributed by atoms with Gasteiger partial charge in [-0.15, -0.1) is 0 Å². The van der Waals surface area contributed by atoms with Gasteiger partial charge in [0.25, 0.3) is 5.91 Å². The number of carbonyl (C=O) groups excluding carboxylic acids is 1. The van der Waals surface area contributed by atoms with Gasteiger partial charge in [-0.1, -0.05) is 12.1 Å². The smallest absolute Gasteiger partial charge is 0.251 e. The van der Waals surface area contributed by atoms with E-state index in [1.807, 2.05) is 61.9 Å². The van der Waals surface area contributed by atoms with Crippen LogP contribution in [0.5, 0.6) is 0 Å². The molecular weight excluding hydrogens is 390 g/mol. The Hall–Kier alpha value is -2.87. The van der Waals surface area contributed by atoms with Crippen molar-refractivity contribution in [1.29, 1.82) is 0 Å². The van der Waals surface area contributed by atoms with Crippen LogP contribution in [0.15, 0.2) is 29.3 Å². The van der Waals surface area contributed by atoms with Crippen LogP contribution in [-0.2, 0) is 20.0 Å². The first-order chi connectivity index (χ1) is 14.7. The molecular formula is C23H37N7O. The standard InChI is InChI=1S/C23H37N7O/c1-16(13-21-17(2)28-30(7)18(21)3)27-23(24-4)26-15-19-9-8-10-20(14-19)22(31)25-11-12-29(5)6/h8-10,14,16H,11-13,15H2,1-7H3,(H,25,31)(H2,24,26,27). The molecule has 0 aliphatic carbocycles. The van der Waals surface area contributed by atoms with Gasteiger partial charge in [-0.2, -0.15) is 5.10 Å². The molecule has 8 heteroatoms. The third-order valence-corrected chi connectivity index (χ3v) is 5.27. The predicted octanol–water partition coefficient (Wildman–Crippen LogP) is 1.62. The Balaban J connectivity index is 1.90. The zero-order valence-corrected chi connectivity index (χ0v) is 19.9. The second-order valence-electron chi connectivity index (χ2n) is 8.21. The van der Waals surface area contributed by atoms with Gasteiger partial charge in [0.15, 0.2) is 5.96 Å². The maximum atomic E-state index is 12.4. The number of aryl methyl sites for hydroxylation is 2. The molecule has 1 aromatic carbocycles. The third kappa shape index (κ3) is 7.40. The van der Waals surface area contributed by atoms with E-state index >= 15 is 0 Å². The number of hydrogen-bond acceptors (Lipinski definition) is 4. The molecule has 8 nitrogen and oxygen atoms in total. The van der Waals surface area contributed by atoms with Crippen molar-refractivity contribution in [2.45, 2.75) is 39.8 Å². The summed E-state index contributed by atoms with van der Waals surface area (Å²) in [4.78, 5) is 18.7. The van der Waals surface area contributed by atoms with Crippen molar-refractivity contribution in [1.82, 2.24) is 30.6 Å². The molecule has 2 rings (SSSR count). The molecule has 31 heavy (non-hydrogen) atoms. The third-order valence-electron chi connectivity index (χ3n) is 5.27. The quantitative estimate of drug-likeness (QED) is 0.418. The molecule has 170 valence electrons. The highest BCUT2D eigenvalue weighted by Crippen LogP contribution is 2.14. The van der Waals surface area contributed by atoms with Crippen LogP contribution in [0.1, 0.15) is 39.8 Å². The fourth-order valence-electron chi connectivity index (χ4n) is 3.40. The Morgan fingerprint density at radius 1 is 1.26 bits per heavy atom.